The average Bonchev–Trinajstić information content (AvgIpc) is 3.14. The van der Waals surface area contributed by atoms with Crippen LogP contribution in [0.5, 0.6) is 0 Å². The Balaban J connectivity index is 1.62. The highest BCUT2D eigenvalue weighted by molar-refractivity contribution is 6.30. The Morgan fingerprint density at radius 3 is 2.72 bits per heavy atom. The first-order chi connectivity index (χ1) is 13.7. The van der Waals surface area contributed by atoms with Crippen LogP contribution in [0, 0.1) is 11.8 Å². The van der Waals surface area contributed by atoms with E-state index in [1.165, 1.54) is 0 Å². The molecule has 5 nitrogen and oxygen atoms in total. The number of fused-ring (bicyclic) bond motifs is 3. The van der Waals surface area contributed by atoms with E-state index in [2.05, 4.69) is 15.8 Å². The molecule has 2 N–H and O–H groups in total. The van der Waals surface area contributed by atoms with Gasteiger partial charge in [-0.1, -0.05) is 31.5 Å². The number of amides is 1. The Morgan fingerprint density at radius 1 is 1.31 bits per heavy atom. The predicted molar refractivity (Wildman–Crippen MR) is 103 cm³/mol. The van der Waals surface area contributed by atoms with E-state index in [0.717, 1.165) is 29.0 Å². The molecule has 9 heteroatoms. The van der Waals surface area contributed by atoms with Crippen molar-refractivity contribution in [2.24, 2.45) is 11.8 Å². The van der Waals surface area contributed by atoms with Crippen molar-refractivity contribution >= 4 is 17.5 Å². The molecular formula is C20H26ClF3N4O. The number of halogens is 4. The molecule has 5 atom stereocenters. The summed E-state index contributed by atoms with van der Waals surface area (Å²) in [6.45, 7) is 3.24. The topological polar surface area (TPSA) is 57.3 Å². The monoisotopic (exact) mass is 430 g/mol. The molecule has 29 heavy (non-hydrogen) atoms. The van der Waals surface area contributed by atoms with E-state index in [0.29, 0.717) is 18.1 Å². The number of alkyl halides is 3. The fraction of sp³-hybridized carbons (Fsp3) is 0.700. The number of hydrazine groups is 1. The minimum Gasteiger partial charge on any atom is -0.330 e. The predicted octanol–water partition coefficient (Wildman–Crippen LogP) is 3.61. The summed E-state index contributed by atoms with van der Waals surface area (Å²) in [5.41, 5.74) is 7.87. The minimum absolute atomic E-state index is 0.00651. The lowest BCUT2D eigenvalue weighted by Crippen LogP contribution is -2.63. The maximum Gasteiger partial charge on any atom is 0.406 e. The van der Waals surface area contributed by atoms with Gasteiger partial charge in [-0.15, -0.1) is 0 Å². The Morgan fingerprint density at radius 2 is 2.07 bits per heavy atom. The highest BCUT2D eigenvalue weighted by Gasteiger charge is 2.54. The molecule has 5 unspecified atom stereocenters. The number of pyridine rings is 1. The van der Waals surface area contributed by atoms with Crippen molar-refractivity contribution < 1.29 is 18.0 Å². The largest absolute Gasteiger partial charge is 0.406 e. The molecule has 160 valence electrons. The molecule has 4 rings (SSSR count). The van der Waals surface area contributed by atoms with Crippen LogP contribution in [-0.4, -0.2) is 47.1 Å². The number of nitrogens with one attached hydrogen (secondary N) is 2. The number of carbonyl (C=O) groups is 1. The van der Waals surface area contributed by atoms with Gasteiger partial charge in [0.2, 0.25) is 5.91 Å². The van der Waals surface area contributed by atoms with Crippen molar-refractivity contribution in [1.29, 1.82) is 0 Å². The zero-order valence-electron chi connectivity index (χ0n) is 16.5. The third kappa shape index (κ3) is 3.99. The molecule has 0 aromatic carbocycles. The standard InChI is InChI=1S/C20H26ClF3N4O/c1-10(2)15-6-5-12(18(21)26-15)11-3-4-13-16(7-11)28(9-20(22,23)24)19(29)14-8-25-27-17(13)14/h5-6,10-11,13-14,16-17,25,27H,3-4,7-9H2,1-2H3. The summed E-state index contributed by atoms with van der Waals surface area (Å²) >= 11 is 6.45. The molecule has 1 aromatic rings. The number of rotatable bonds is 3. The van der Waals surface area contributed by atoms with Crippen molar-refractivity contribution in [3.63, 3.8) is 0 Å². The fourth-order valence-electron chi connectivity index (χ4n) is 5.24. The van der Waals surface area contributed by atoms with Crippen molar-refractivity contribution in [2.45, 2.75) is 63.2 Å². The summed E-state index contributed by atoms with van der Waals surface area (Å²) < 4.78 is 39.8. The van der Waals surface area contributed by atoms with E-state index in [1.807, 2.05) is 26.0 Å². The summed E-state index contributed by atoms with van der Waals surface area (Å²) in [6.07, 6.45) is -2.38. The SMILES string of the molecule is CC(C)c1ccc(C2CCC3C4NNCC4C(=O)N(CC(F)(F)F)C3C2)c(Cl)n1. The second kappa shape index (κ2) is 7.71. The number of nitrogens with zero attached hydrogens (tertiary/aromatic N) is 2. The molecule has 1 saturated carbocycles. The quantitative estimate of drug-likeness (QED) is 0.719. The molecule has 0 radical (unpaired) electrons. The molecule has 2 aliphatic heterocycles. The minimum atomic E-state index is -4.42. The third-order valence-electron chi connectivity index (χ3n) is 6.63. The van der Waals surface area contributed by atoms with Gasteiger partial charge in [-0.2, -0.15) is 13.2 Å². The third-order valence-corrected chi connectivity index (χ3v) is 6.94. The number of hydrogen-bond acceptors (Lipinski definition) is 4. The number of aromatic nitrogens is 1. The van der Waals surface area contributed by atoms with Crippen molar-refractivity contribution in [3.8, 4) is 0 Å². The van der Waals surface area contributed by atoms with Crippen LogP contribution in [0.15, 0.2) is 12.1 Å². The van der Waals surface area contributed by atoms with Crippen LogP contribution >= 0.6 is 11.6 Å². The van der Waals surface area contributed by atoms with E-state index < -0.39 is 30.6 Å². The molecule has 3 heterocycles. The summed E-state index contributed by atoms with van der Waals surface area (Å²) in [5, 5.41) is 0.419. The Labute approximate surface area is 173 Å². The van der Waals surface area contributed by atoms with Crippen molar-refractivity contribution in [2.75, 3.05) is 13.1 Å². The Hall–Kier alpha value is -1.38. The second-order valence-corrected chi connectivity index (χ2v) is 9.11. The molecule has 2 saturated heterocycles. The summed E-state index contributed by atoms with van der Waals surface area (Å²) in [5.74, 6) is -0.620. The van der Waals surface area contributed by atoms with Gasteiger partial charge < -0.3 is 4.90 Å². The van der Waals surface area contributed by atoms with Gasteiger partial charge in [0.25, 0.3) is 0 Å². The second-order valence-electron chi connectivity index (χ2n) is 8.75. The van der Waals surface area contributed by atoms with E-state index in [4.69, 9.17) is 11.6 Å². The van der Waals surface area contributed by atoms with Crippen LogP contribution in [0.1, 0.15) is 56.2 Å². The van der Waals surface area contributed by atoms with Gasteiger partial charge in [0.05, 0.1) is 5.92 Å². The van der Waals surface area contributed by atoms with Crippen LogP contribution in [0.3, 0.4) is 0 Å². The average molecular weight is 431 g/mol. The molecule has 0 bridgehead atoms. The summed E-state index contributed by atoms with van der Waals surface area (Å²) in [4.78, 5) is 18.4. The van der Waals surface area contributed by atoms with Gasteiger partial charge in [0.1, 0.15) is 11.7 Å². The molecule has 1 aromatic heterocycles. The number of likely N-dealkylation sites (tertiary alicyclic amines) is 1. The van der Waals surface area contributed by atoms with Crippen LogP contribution < -0.4 is 10.9 Å². The first-order valence-corrected chi connectivity index (χ1v) is 10.6. The molecule has 3 fully saturated rings. The lowest BCUT2D eigenvalue weighted by molar-refractivity contribution is -0.178. The molecule has 3 aliphatic rings. The Bertz CT molecular complexity index is 787. The zero-order valence-corrected chi connectivity index (χ0v) is 17.2. The Kier molecular flexibility index (Phi) is 5.55. The number of hydrogen-bond donors (Lipinski definition) is 2. The van der Waals surface area contributed by atoms with Gasteiger partial charge >= 0.3 is 6.18 Å². The van der Waals surface area contributed by atoms with Gasteiger partial charge in [0, 0.05) is 24.3 Å². The highest BCUT2D eigenvalue weighted by Crippen LogP contribution is 2.46. The first kappa shape index (κ1) is 20.9. The maximum atomic E-state index is 13.3. The van der Waals surface area contributed by atoms with Gasteiger partial charge in [-0.05, 0) is 48.6 Å². The van der Waals surface area contributed by atoms with Crippen molar-refractivity contribution in [1.82, 2.24) is 20.7 Å². The maximum absolute atomic E-state index is 13.3. The van der Waals surface area contributed by atoms with Gasteiger partial charge in [0.15, 0.2) is 0 Å². The van der Waals surface area contributed by atoms with E-state index in [-0.39, 0.29) is 23.8 Å². The lowest BCUT2D eigenvalue weighted by atomic mass is 9.67. The molecule has 1 aliphatic carbocycles. The summed E-state index contributed by atoms with van der Waals surface area (Å²) in [6, 6.07) is 3.31. The van der Waals surface area contributed by atoms with Crippen LogP contribution in [0.4, 0.5) is 13.2 Å². The zero-order chi connectivity index (χ0) is 20.9. The van der Waals surface area contributed by atoms with E-state index >= 15 is 0 Å². The van der Waals surface area contributed by atoms with Gasteiger partial charge in [-0.25, -0.2) is 4.98 Å². The van der Waals surface area contributed by atoms with Crippen LogP contribution in [-0.2, 0) is 4.79 Å². The van der Waals surface area contributed by atoms with E-state index in [1.54, 1.807) is 0 Å². The molecular weight excluding hydrogens is 405 g/mol. The van der Waals surface area contributed by atoms with Crippen LogP contribution in [0.2, 0.25) is 5.15 Å². The number of carbonyl (C=O) groups excluding carboxylic acids is 1. The molecule has 0 spiro atoms. The smallest absolute Gasteiger partial charge is 0.330 e. The lowest BCUT2D eigenvalue weighted by Gasteiger charge is -2.50. The fourth-order valence-corrected chi connectivity index (χ4v) is 5.56. The molecule has 1 amide bonds. The first-order valence-electron chi connectivity index (χ1n) is 10.2. The normalized spacial score (nSPS) is 32.4. The highest BCUT2D eigenvalue weighted by atomic mass is 35.5. The van der Waals surface area contributed by atoms with Crippen molar-refractivity contribution in [3.05, 3.63) is 28.5 Å². The summed E-state index contributed by atoms with van der Waals surface area (Å²) in [7, 11) is 0. The van der Waals surface area contributed by atoms with E-state index in [9.17, 15) is 18.0 Å². The number of piperidine rings is 1. The van der Waals surface area contributed by atoms with Gasteiger partial charge in [-0.3, -0.25) is 15.6 Å². The van der Waals surface area contributed by atoms with Crippen LogP contribution in [0.25, 0.3) is 0 Å².